The highest BCUT2D eigenvalue weighted by molar-refractivity contribution is 7.26. The normalized spacial score (nSPS) is 13.5. The van der Waals surface area contributed by atoms with Gasteiger partial charge in [0.25, 0.3) is 0 Å². The molecule has 0 bridgehead atoms. The lowest BCUT2D eigenvalue weighted by Crippen LogP contribution is -2.60. The van der Waals surface area contributed by atoms with E-state index in [2.05, 4.69) is 182 Å². The maximum absolute atomic E-state index is 6.55. The van der Waals surface area contributed by atoms with E-state index in [1.807, 2.05) is 11.3 Å². The minimum Gasteiger partial charge on any atom is -0.456 e. The van der Waals surface area contributed by atoms with Gasteiger partial charge >= 0.3 is 6.85 Å². The van der Waals surface area contributed by atoms with Crippen LogP contribution in [0.3, 0.4) is 0 Å². The molecule has 14 rings (SSSR count). The first-order chi connectivity index (χ1) is 29.4. The van der Waals surface area contributed by atoms with E-state index in [4.69, 9.17) is 9.40 Å². The Balaban J connectivity index is 1.14. The quantitative estimate of drug-likeness (QED) is 0.163. The molecule has 12 aromatic rings. The molecule has 0 saturated carbocycles. The zero-order valence-electron chi connectivity index (χ0n) is 33.1. The van der Waals surface area contributed by atoms with E-state index in [0.29, 0.717) is 0 Å². The number of anilines is 2. The maximum atomic E-state index is 6.55. The lowest BCUT2D eigenvalue weighted by atomic mass is 9.44. The number of furan rings is 1. The largest absolute Gasteiger partial charge is 0.456 e. The third-order valence-corrected chi connectivity index (χ3v) is 15.3. The minimum atomic E-state index is -0.110. The molecule has 0 spiro atoms. The summed E-state index contributed by atoms with van der Waals surface area (Å²) in [6.07, 6.45) is 0. The second-order valence-corrected chi connectivity index (χ2v) is 19.6. The molecule has 0 N–H and O–H groups in total. The highest BCUT2D eigenvalue weighted by Gasteiger charge is 2.44. The number of hydrogen-bond acceptors (Lipinski definition) is 5. The van der Waals surface area contributed by atoms with Crippen molar-refractivity contribution in [3.63, 3.8) is 0 Å². The average molecular weight is 804 g/mol. The van der Waals surface area contributed by atoms with Crippen molar-refractivity contribution in [3.05, 3.63) is 157 Å². The zero-order chi connectivity index (χ0) is 39.6. The molecule has 0 fully saturated rings. The Kier molecular flexibility index (Phi) is 6.38. The standard InChI is InChI=1S/C53H34BN3OS2/c1-53(2,3)30-17-19-31(20-18-30)57-43-24-39-33-14-8-10-16-47(33)59-48(39)26-37(43)34-21-22-35-36-25-46-38(32-13-7-9-15-45(32)58-46)23-42(36)56-44-28-49-41(27-40(44)54(57)50(34)51(35)56)55-52(60-49)29-11-5-4-6-12-29/h4-28H,1-3H3. The van der Waals surface area contributed by atoms with Crippen molar-refractivity contribution in [3.8, 4) is 27.4 Å². The van der Waals surface area contributed by atoms with Crippen LogP contribution >= 0.6 is 22.7 Å². The Morgan fingerprint density at radius 1 is 0.567 bits per heavy atom. The molecule has 2 aliphatic rings. The predicted molar refractivity (Wildman–Crippen MR) is 257 cm³/mol. The average Bonchev–Trinajstić information content (AvgIpc) is 4.04. The van der Waals surface area contributed by atoms with Gasteiger partial charge < -0.3 is 13.8 Å². The Hall–Kier alpha value is -6.67. The Bertz CT molecular complexity index is 3830. The van der Waals surface area contributed by atoms with Crippen LogP contribution in [0.25, 0.3) is 102 Å². The molecule has 60 heavy (non-hydrogen) atoms. The molecule has 8 aromatic carbocycles. The number of hydrogen-bond donors (Lipinski definition) is 0. The molecule has 7 heteroatoms. The molecule has 2 aliphatic heterocycles. The monoisotopic (exact) mass is 803 g/mol. The third kappa shape index (κ3) is 4.38. The molecule has 0 radical (unpaired) electrons. The number of thiazole rings is 1. The number of fused-ring (bicyclic) bond motifs is 15. The van der Waals surface area contributed by atoms with E-state index in [-0.39, 0.29) is 12.3 Å². The fourth-order valence-corrected chi connectivity index (χ4v) is 12.5. The van der Waals surface area contributed by atoms with Gasteiger partial charge in [-0.2, -0.15) is 0 Å². The SMILES string of the molecule is CC(C)(C)c1ccc(N2B3c4cc5nc(-c6ccccc6)sc5cc4-n4c5cc6c(cc5c5ccc(c3c54)-c3cc4sc5ccccc5c4cc32)oc2ccccc26)cc1. The second-order valence-electron chi connectivity index (χ2n) is 17.5. The fraction of sp³-hybridized carbons (Fsp3) is 0.0755. The lowest BCUT2D eigenvalue weighted by molar-refractivity contribution is 0.590. The molecule has 0 saturated heterocycles. The van der Waals surface area contributed by atoms with Crippen molar-refractivity contribution in [1.82, 2.24) is 9.55 Å². The third-order valence-electron chi connectivity index (χ3n) is 13.1. The number of aromatic nitrogens is 2. The molecular formula is C53H34BN3OS2. The summed E-state index contributed by atoms with van der Waals surface area (Å²) >= 11 is 3.66. The van der Waals surface area contributed by atoms with Crippen molar-refractivity contribution in [2.45, 2.75) is 26.2 Å². The molecule has 4 nitrogen and oxygen atoms in total. The van der Waals surface area contributed by atoms with Crippen molar-refractivity contribution in [1.29, 1.82) is 0 Å². The first-order valence-corrected chi connectivity index (χ1v) is 22.3. The van der Waals surface area contributed by atoms with Gasteiger partial charge in [-0.3, -0.25) is 0 Å². The van der Waals surface area contributed by atoms with Gasteiger partial charge in [0.15, 0.2) is 0 Å². The smallest absolute Gasteiger partial charge is 0.333 e. The number of rotatable bonds is 2. The van der Waals surface area contributed by atoms with Gasteiger partial charge in [0, 0.05) is 69.9 Å². The molecule has 4 aromatic heterocycles. The predicted octanol–water partition coefficient (Wildman–Crippen LogP) is 13.9. The zero-order valence-corrected chi connectivity index (χ0v) is 34.7. The molecule has 0 amide bonds. The van der Waals surface area contributed by atoms with E-state index >= 15 is 0 Å². The first kappa shape index (κ1) is 33.2. The summed E-state index contributed by atoms with van der Waals surface area (Å²) in [5.41, 5.74) is 16.6. The first-order valence-electron chi connectivity index (χ1n) is 20.6. The Labute approximate surface area is 353 Å². The summed E-state index contributed by atoms with van der Waals surface area (Å²) in [6, 6.07) is 56.4. The van der Waals surface area contributed by atoms with Crippen LogP contribution in [0, 0.1) is 0 Å². The summed E-state index contributed by atoms with van der Waals surface area (Å²) in [7, 11) is 0. The van der Waals surface area contributed by atoms with Crippen molar-refractivity contribution >= 4 is 126 Å². The topological polar surface area (TPSA) is 34.2 Å². The molecule has 282 valence electrons. The number of thiophene rings is 1. The van der Waals surface area contributed by atoms with E-state index in [0.717, 1.165) is 38.0 Å². The Morgan fingerprint density at radius 3 is 2.22 bits per heavy atom. The van der Waals surface area contributed by atoms with Gasteiger partial charge in [-0.05, 0) is 88.1 Å². The molecule has 0 aliphatic carbocycles. The van der Waals surface area contributed by atoms with Crippen LogP contribution in [0.15, 0.2) is 156 Å². The van der Waals surface area contributed by atoms with Crippen LogP contribution in [0.1, 0.15) is 26.3 Å². The number of para-hydroxylation sites is 1. The van der Waals surface area contributed by atoms with Gasteiger partial charge in [-0.25, -0.2) is 4.98 Å². The maximum Gasteiger partial charge on any atom is 0.333 e. The van der Waals surface area contributed by atoms with Crippen LogP contribution < -0.4 is 15.7 Å². The van der Waals surface area contributed by atoms with Gasteiger partial charge in [0.2, 0.25) is 0 Å². The fourth-order valence-electron chi connectivity index (χ4n) is 10.4. The van der Waals surface area contributed by atoms with E-state index < -0.39 is 0 Å². The van der Waals surface area contributed by atoms with Crippen molar-refractivity contribution < 1.29 is 4.42 Å². The minimum absolute atomic E-state index is 0.0361. The summed E-state index contributed by atoms with van der Waals surface area (Å²) in [5.74, 6) is 0. The van der Waals surface area contributed by atoms with Crippen LogP contribution in [0.2, 0.25) is 0 Å². The second kappa shape index (κ2) is 11.5. The van der Waals surface area contributed by atoms with E-state index in [9.17, 15) is 0 Å². The summed E-state index contributed by atoms with van der Waals surface area (Å²) < 4.78 is 12.9. The summed E-state index contributed by atoms with van der Waals surface area (Å²) in [4.78, 5) is 8.00. The number of benzene rings is 8. The summed E-state index contributed by atoms with van der Waals surface area (Å²) in [5, 5.41) is 8.37. The van der Waals surface area contributed by atoms with Gasteiger partial charge in [0.1, 0.15) is 16.2 Å². The lowest BCUT2D eigenvalue weighted by Gasteiger charge is -2.42. The number of nitrogens with zero attached hydrogens (tertiary/aromatic N) is 3. The van der Waals surface area contributed by atoms with Crippen LogP contribution in [-0.4, -0.2) is 16.4 Å². The van der Waals surface area contributed by atoms with Crippen LogP contribution in [0.5, 0.6) is 0 Å². The van der Waals surface area contributed by atoms with Crippen molar-refractivity contribution in [2.75, 3.05) is 4.81 Å². The Morgan fingerprint density at radius 2 is 1.37 bits per heavy atom. The van der Waals surface area contributed by atoms with Gasteiger partial charge in [-0.1, -0.05) is 112 Å². The van der Waals surface area contributed by atoms with Gasteiger partial charge in [-0.15, -0.1) is 22.7 Å². The molecule has 0 unspecified atom stereocenters. The van der Waals surface area contributed by atoms with E-state index in [1.54, 1.807) is 11.3 Å². The molecular weight excluding hydrogens is 770 g/mol. The highest BCUT2D eigenvalue weighted by atomic mass is 32.1. The van der Waals surface area contributed by atoms with Crippen molar-refractivity contribution in [2.24, 2.45) is 0 Å². The summed E-state index contributed by atoms with van der Waals surface area (Å²) in [6.45, 7) is 6.77. The van der Waals surface area contributed by atoms with E-state index in [1.165, 1.54) is 91.4 Å². The molecule has 0 atom stereocenters. The highest BCUT2D eigenvalue weighted by Crippen LogP contribution is 2.49. The molecule has 6 heterocycles. The van der Waals surface area contributed by atoms with Crippen LogP contribution in [-0.2, 0) is 5.41 Å². The van der Waals surface area contributed by atoms with Gasteiger partial charge in [0.05, 0.1) is 21.3 Å². The van der Waals surface area contributed by atoms with Crippen LogP contribution in [0.4, 0.5) is 11.4 Å².